The van der Waals surface area contributed by atoms with E-state index in [-0.39, 0.29) is 128 Å². The molecule has 0 unspecified atom stereocenters. The number of hydrogen-bond acceptors (Lipinski definition) is 21. The zero-order valence-corrected chi connectivity index (χ0v) is 60.6. The lowest BCUT2D eigenvalue weighted by molar-refractivity contribution is -0.146. The summed E-state index contributed by atoms with van der Waals surface area (Å²) in [5, 5.41) is 63.5. The molecule has 5 rings (SSSR count). The van der Waals surface area contributed by atoms with E-state index in [9.17, 15) is 87.2 Å². The lowest BCUT2D eigenvalue weighted by atomic mass is 10.0. The van der Waals surface area contributed by atoms with Gasteiger partial charge in [0.05, 0.1) is 25.8 Å². The van der Waals surface area contributed by atoms with Crippen LogP contribution in [-0.2, 0) is 78.3 Å². The zero-order valence-electron chi connectivity index (χ0n) is 60.6. The Hall–Kier alpha value is -9.66. The molecule has 0 bridgehead atoms. The minimum Gasteiger partial charge on any atom is -0.480 e. The number of unbranched alkanes of at least 4 members (excludes halogenated alkanes) is 2. The van der Waals surface area contributed by atoms with Crippen LogP contribution >= 0.6 is 0 Å². The number of nitrogens with one attached hydrogen (secondary N) is 11. The molecule has 38 nitrogen and oxygen atoms in total. The highest BCUT2D eigenvalue weighted by atomic mass is 16.4. The van der Waals surface area contributed by atoms with Crippen LogP contribution in [0.25, 0.3) is 0 Å². The number of likely N-dealkylation sites (tertiary alicyclic amines) is 4. The summed E-state index contributed by atoms with van der Waals surface area (Å²) in [5.41, 5.74) is 28.7. The summed E-state index contributed by atoms with van der Waals surface area (Å²) >= 11 is 0. The molecule has 4 aliphatic heterocycles. The summed E-state index contributed by atoms with van der Waals surface area (Å²) in [6.45, 7) is 3.16. The largest absolute Gasteiger partial charge is 0.480 e. The molecule has 4 fully saturated rings. The summed E-state index contributed by atoms with van der Waals surface area (Å²) in [6.07, 6.45) is 3.36. The second-order valence-corrected chi connectivity index (χ2v) is 27.4. The van der Waals surface area contributed by atoms with E-state index in [0.29, 0.717) is 56.9 Å². The van der Waals surface area contributed by atoms with Crippen molar-refractivity contribution >= 4 is 94.6 Å². The van der Waals surface area contributed by atoms with Crippen LogP contribution in [0.15, 0.2) is 30.3 Å². The number of carbonyl (C=O) groups is 15. The summed E-state index contributed by atoms with van der Waals surface area (Å²) in [6, 6.07) is -8.27. The molecule has 38 heteroatoms. The number of carbonyl (C=O) groups excluding carboxylic acids is 14. The first-order chi connectivity index (χ1) is 50.5. The fourth-order valence-corrected chi connectivity index (χ4v) is 13.1. The molecule has 4 aliphatic rings. The van der Waals surface area contributed by atoms with Crippen molar-refractivity contribution in [3.05, 3.63) is 35.9 Å². The standard InChI is InChI=1S/C68H110N20O18/c1-38(2)54(72)63(101)78-41(20-11-29-75-68(73)74)56(94)83-46(36-89)55(93)76-35-53(92)85-30-12-21-48(85)59(97)79-42(18-7-9-27-69)65(103)88-33-15-24-51(88)62(100)82-45(34-40-16-5-4-6-17-40)57(95)84-47(37-90)58(96)77-39(3)64(102)86-31-13-22-49(86)60(98)80-43(19-8-10-28-70)66(104)87-32-14-23-50(87)61(99)81-44(67(105)106)25-26-52(71)91/h4-6,16-17,38-39,41-51,54,89-90H,7-15,18-37,69-70,72H2,1-3H3,(H2,71,91)(H,76,93)(H,77,96)(H,78,101)(H,79,97)(H,80,98)(H,81,99)(H,82,100)(H,83,94)(H,84,95)(H,105,106)(H4,73,74,75)/t39-,41-,42-,43-,44-,45-,46-,47-,48-,49-,50-,51-,54-/m0/s1. The number of aliphatic hydroxyl groups excluding tert-OH is 2. The summed E-state index contributed by atoms with van der Waals surface area (Å²) in [4.78, 5) is 210. The maximum atomic E-state index is 14.7. The van der Waals surface area contributed by atoms with E-state index in [0.717, 1.165) is 0 Å². The number of aliphatic hydroxyl groups is 2. The lowest BCUT2D eigenvalue weighted by Gasteiger charge is -2.32. The van der Waals surface area contributed by atoms with Crippen molar-refractivity contribution in [3.8, 4) is 0 Å². The third kappa shape index (κ3) is 26.1. The van der Waals surface area contributed by atoms with Gasteiger partial charge in [0.25, 0.3) is 0 Å². The van der Waals surface area contributed by atoms with Gasteiger partial charge >= 0.3 is 5.97 Å². The van der Waals surface area contributed by atoms with Gasteiger partial charge in [-0.15, -0.1) is 0 Å². The SMILES string of the molecule is CC(C)[C@H](N)C(=O)N[C@@H](CCCNC(=N)N)C(=O)N[C@@H](CO)C(=O)NCC(=O)N1CCC[C@H]1C(=O)N[C@@H](CCCCN)C(=O)N1CCC[C@H]1C(=O)N[C@@H](Cc1ccccc1)C(=O)N[C@@H](CO)C(=O)N[C@@H](C)C(=O)N1CCC[C@H]1C(=O)N[C@@H](CCCCN)C(=O)N1CCC[C@H]1C(=O)N[C@@H](CCC(N)=O)C(=O)O. The highest BCUT2D eigenvalue weighted by Crippen LogP contribution is 2.25. The topological polar surface area (TPSA) is 604 Å². The van der Waals surface area contributed by atoms with E-state index in [4.69, 9.17) is 34.1 Å². The number of aliphatic carboxylic acids is 1. The normalized spacial score (nSPS) is 19.5. The van der Waals surface area contributed by atoms with Crippen molar-refractivity contribution in [2.45, 2.75) is 221 Å². The van der Waals surface area contributed by atoms with Crippen molar-refractivity contribution in [2.24, 2.45) is 34.6 Å². The minimum atomic E-state index is -1.71. The van der Waals surface area contributed by atoms with Crippen LogP contribution in [0, 0.1) is 11.3 Å². The molecular weight excluding hydrogens is 1380 g/mol. The number of benzene rings is 1. The van der Waals surface area contributed by atoms with Gasteiger partial charge in [0.2, 0.25) is 82.7 Å². The second kappa shape index (κ2) is 43.7. The number of hydrogen-bond donors (Lipinski definition) is 19. The van der Waals surface area contributed by atoms with Crippen molar-refractivity contribution in [1.29, 1.82) is 5.41 Å². The Labute approximate surface area is 615 Å². The molecule has 590 valence electrons. The van der Waals surface area contributed by atoms with E-state index < -0.39 is 187 Å². The number of carboxylic acids is 1. The Kier molecular flexibility index (Phi) is 35.9. The molecule has 106 heavy (non-hydrogen) atoms. The van der Waals surface area contributed by atoms with Crippen LogP contribution in [0.4, 0.5) is 0 Å². The quantitative estimate of drug-likeness (QED) is 0.0164. The van der Waals surface area contributed by atoms with Crippen molar-refractivity contribution < 1.29 is 87.2 Å². The molecule has 4 heterocycles. The highest BCUT2D eigenvalue weighted by molar-refractivity contribution is 6.00. The maximum Gasteiger partial charge on any atom is 0.326 e. The van der Waals surface area contributed by atoms with E-state index in [1.807, 2.05) is 0 Å². The predicted octanol–water partition coefficient (Wildman–Crippen LogP) is -6.95. The molecule has 1 aromatic rings. The molecule has 24 N–H and O–H groups in total. The molecular formula is C68H110N20O18. The van der Waals surface area contributed by atoms with Crippen LogP contribution < -0.4 is 81.8 Å². The van der Waals surface area contributed by atoms with Crippen molar-refractivity contribution in [2.75, 3.05) is 65.6 Å². The highest BCUT2D eigenvalue weighted by Gasteiger charge is 2.45. The summed E-state index contributed by atoms with van der Waals surface area (Å²) in [7, 11) is 0. The number of rotatable bonds is 43. The van der Waals surface area contributed by atoms with Gasteiger partial charge in [0.15, 0.2) is 5.96 Å². The lowest BCUT2D eigenvalue weighted by Crippen LogP contribution is -2.60. The van der Waals surface area contributed by atoms with E-state index in [1.165, 1.54) is 26.5 Å². The number of amides is 14. The van der Waals surface area contributed by atoms with Crippen LogP contribution in [0.3, 0.4) is 0 Å². The first-order valence-corrected chi connectivity index (χ1v) is 36.4. The van der Waals surface area contributed by atoms with Gasteiger partial charge in [-0.1, -0.05) is 44.2 Å². The average molecular weight is 1500 g/mol. The minimum absolute atomic E-state index is 0.0166. The van der Waals surface area contributed by atoms with Gasteiger partial charge in [0.1, 0.15) is 72.5 Å². The fraction of sp³-hybridized carbons (Fsp3) is 0.676. The molecule has 0 aromatic heterocycles. The second-order valence-electron chi connectivity index (χ2n) is 27.4. The number of nitrogens with two attached hydrogens (primary N) is 5. The van der Waals surface area contributed by atoms with Gasteiger partial charge in [-0.2, -0.15) is 0 Å². The molecule has 0 aliphatic carbocycles. The summed E-state index contributed by atoms with van der Waals surface area (Å²) < 4.78 is 0. The number of guanidine groups is 1. The smallest absolute Gasteiger partial charge is 0.326 e. The average Bonchev–Trinajstić information content (AvgIpc) is 1.63. The van der Waals surface area contributed by atoms with Gasteiger partial charge < -0.3 is 117 Å². The monoisotopic (exact) mass is 1490 g/mol. The molecule has 1 aromatic carbocycles. The molecule has 14 amide bonds. The van der Waals surface area contributed by atoms with Gasteiger partial charge in [-0.25, -0.2) is 4.79 Å². The zero-order chi connectivity index (χ0) is 78.3. The van der Waals surface area contributed by atoms with Gasteiger partial charge in [0, 0.05) is 45.6 Å². The van der Waals surface area contributed by atoms with Crippen LogP contribution in [0.5, 0.6) is 0 Å². The first kappa shape index (κ1) is 87.0. The van der Waals surface area contributed by atoms with Crippen LogP contribution in [0.1, 0.15) is 142 Å². The van der Waals surface area contributed by atoms with Crippen molar-refractivity contribution in [3.63, 3.8) is 0 Å². The van der Waals surface area contributed by atoms with E-state index in [2.05, 4.69) is 53.2 Å². The Balaban J connectivity index is 1.22. The Morgan fingerprint density at radius 2 is 0.896 bits per heavy atom. The summed E-state index contributed by atoms with van der Waals surface area (Å²) in [5.74, 6) is -12.9. The Morgan fingerprint density at radius 3 is 1.35 bits per heavy atom. The number of primary amides is 1. The third-order valence-corrected chi connectivity index (χ3v) is 19.1. The van der Waals surface area contributed by atoms with Crippen molar-refractivity contribution in [1.82, 2.24) is 72.8 Å². The fourth-order valence-electron chi connectivity index (χ4n) is 13.1. The van der Waals surface area contributed by atoms with Crippen LogP contribution in [0.2, 0.25) is 0 Å². The predicted molar refractivity (Wildman–Crippen MR) is 381 cm³/mol. The molecule has 0 spiro atoms. The Morgan fingerprint density at radius 1 is 0.481 bits per heavy atom. The third-order valence-electron chi connectivity index (χ3n) is 19.1. The Bertz CT molecular complexity index is 3240. The molecule has 0 radical (unpaired) electrons. The molecule has 0 saturated carbocycles. The van der Waals surface area contributed by atoms with Crippen LogP contribution in [-0.4, -0.2) is 274 Å². The molecule has 13 atom stereocenters. The number of carboxylic acid groups (broad SMARTS) is 1. The van der Waals surface area contributed by atoms with E-state index in [1.54, 1.807) is 44.2 Å². The van der Waals surface area contributed by atoms with E-state index >= 15 is 0 Å². The number of nitrogens with zero attached hydrogens (tertiary/aromatic N) is 4. The maximum absolute atomic E-state index is 14.7. The first-order valence-electron chi connectivity index (χ1n) is 36.4. The van der Waals surface area contributed by atoms with Gasteiger partial charge in [-0.05, 0) is 141 Å². The van der Waals surface area contributed by atoms with Gasteiger partial charge in [-0.3, -0.25) is 72.5 Å². The molecule has 4 saturated heterocycles.